The van der Waals surface area contributed by atoms with Crippen LogP contribution in [-0.4, -0.2) is 34.2 Å². The molecule has 1 amide bonds. The van der Waals surface area contributed by atoms with E-state index in [4.69, 9.17) is 4.74 Å². The summed E-state index contributed by atoms with van der Waals surface area (Å²) in [6, 6.07) is 20.5. The Hall–Kier alpha value is -3.12. The summed E-state index contributed by atoms with van der Waals surface area (Å²) in [6.07, 6.45) is 6.48. The standard InChI is InChI=1S/C25H30N4O2/c1-31-23-13-11-21(12-14-23)18-28(17-20-7-3-2-4-8-20)19-25(30)27-24-15-16-26-29(24)22-9-5-6-10-22/h2-4,7-8,11-16,22H,5-6,9-10,17-19H2,1H3,(H,27,30). The molecule has 0 atom stereocenters. The van der Waals surface area contributed by atoms with Gasteiger partial charge in [-0.2, -0.15) is 5.10 Å². The van der Waals surface area contributed by atoms with E-state index in [-0.39, 0.29) is 5.91 Å². The molecule has 0 unspecified atom stereocenters. The highest BCUT2D eigenvalue weighted by Gasteiger charge is 2.21. The van der Waals surface area contributed by atoms with Crippen molar-refractivity contribution in [2.24, 2.45) is 0 Å². The van der Waals surface area contributed by atoms with Crippen molar-refractivity contribution in [1.82, 2.24) is 14.7 Å². The van der Waals surface area contributed by atoms with Crippen LogP contribution in [0.3, 0.4) is 0 Å². The van der Waals surface area contributed by atoms with Gasteiger partial charge in [0.15, 0.2) is 0 Å². The van der Waals surface area contributed by atoms with E-state index in [2.05, 4.69) is 27.4 Å². The SMILES string of the molecule is COc1ccc(CN(CC(=O)Nc2ccnn2C2CCCC2)Cc2ccccc2)cc1. The Morgan fingerprint density at radius 3 is 2.39 bits per heavy atom. The first-order valence-electron chi connectivity index (χ1n) is 10.9. The number of carbonyl (C=O) groups excluding carboxylic acids is 1. The highest BCUT2D eigenvalue weighted by atomic mass is 16.5. The maximum Gasteiger partial charge on any atom is 0.239 e. The number of nitrogens with zero attached hydrogens (tertiary/aromatic N) is 3. The molecule has 1 aromatic heterocycles. The van der Waals surface area contributed by atoms with Crippen molar-refractivity contribution in [2.45, 2.75) is 44.8 Å². The molecule has 6 heteroatoms. The van der Waals surface area contributed by atoms with Gasteiger partial charge in [-0.3, -0.25) is 9.69 Å². The number of anilines is 1. The number of nitrogens with one attached hydrogen (secondary N) is 1. The Bertz CT molecular complexity index is 963. The first-order chi connectivity index (χ1) is 15.2. The zero-order valence-electron chi connectivity index (χ0n) is 18.0. The van der Waals surface area contributed by atoms with Crippen LogP contribution >= 0.6 is 0 Å². The lowest BCUT2D eigenvalue weighted by molar-refractivity contribution is -0.117. The molecule has 0 radical (unpaired) electrons. The predicted octanol–water partition coefficient (Wildman–Crippen LogP) is 4.65. The molecule has 6 nitrogen and oxygen atoms in total. The number of methoxy groups -OCH3 is 1. The summed E-state index contributed by atoms with van der Waals surface area (Å²) in [5.74, 6) is 1.60. The number of hydrogen-bond acceptors (Lipinski definition) is 4. The lowest BCUT2D eigenvalue weighted by Crippen LogP contribution is -2.33. The van der Waals surface area contributed by atoms with Crippen molar-refractivity contribution >= 4 is 11.7 Å². The zero-order chi connectivity index (χ0) is 21.5. The minimum Gasteiger partial charge on any atom is -0.497 e. The number of amides is 1. The molecule has 4 rings (SSSR count). The fourth-order valence-corrected chi connectivity index (χ4v) is 4.24. The minimum atomic E-state index is -0.0239. The van der Waals surface area contributed by atoms with Gasteiger partial charge in [0.1, 0.15) is 11.6 Å². The number of carbonyl (C=O) groups is 1. The second kappa shape index (κ2) is 10.3. The van der Waals surface area contributed by atoms with Crippen molar-refractivity contribution in [2.75, 3.05) is 19.0 Å². The molecule has 31 heavy (non-hydrogen) atoms. The van der Waals surface area contributed by atoms with Crippen LogP contribution in [-0.2, 0) is 17.9 Å². The molecule has 0 spiro atoms. The third-order valence-electron chi connectivity index (χ3n) is 5.79. The molecule has 0 aliphatic heterocycles. The highest BCUT2D eigenvalue weighted by Crippen LogP contribution is 2.31. The topological polar surface area (TPSA) is 59.4 Å². The van der Waals surface area contributed by atoms with Crippen LogP contribution in [0.4, 0.5) is 5.82 Å². The van der Waals surface area contributed by atoms with Gasteiger partial charge in [-0.15, -0.1) is 0 Å². The summed E-state index contributed by atoms with van der Waals surface area (Å²) in [7, 11) is 1.66. The molecule has 0 bridgehead atoms. The monoisotopic (exact) mass is 418 g/mol. The molecule has 0 saturated heterocycles. The number of ether oxygens (including phenoxy) is 1. The number of hydrogen-bond donors (Lipinski definition) is 1. The molecule has 3 aromatic rings. The normalized spacial score (nSPS) is 14.1. The molecule has 1 fully saturated rings. The molecule has 1 N–H and O–H groups in total. The van der Waals surface area contributed by atoms with Crippen LogP contribution < -0.4 is 10.1 Å². The van der Waals surface area contributed by atoms with Crippen molar-refractivity contribution in [3.05, 3.63) is 78.0 Å². The molecule has 1 aliphatic carbocycles. The van der Waals surface area contributed by atoms with Gasteiger partial charge in [-0.25, -0.2) is 4.68 Å². The summed E-state index contributed by atoms with van der Waals surface area (Å²) >= 11 is 0. The van der Waals surface area contributed by atoms with Crippen molar-refractivity contribution in [3.63, 3.8) is 0 Å². The van der Waals surface area contributed by atoms with Crippen LogP contribution in [0.15, 0.2) is 66.9 Å². The van der Waals surface area contributed by atoms with Gasteiger partial charge < -0.3 is 10.1 Å². The first-order valence-corrected chi connectivity index (χ1v) is 10.9. The van der Waals surface area contributed by atoms with E-state index in [1.54, 1.807) is 13.3 Å². The third-order valence-corrected chi connectivity index (χ3v) is 5.79. The fourth-order valence-electron chi connectivity index (χ4n) is 4.24. The van der Waals surface area contributed by atoms with Gasteiger partial charge >= 0.3 is 0 Å². The van der Waals surface area contributed by atoms with Crippen LogP contribution in [0.1, 0.15) is 42.9 Å². The Labute approximate surface area is 183 Å². The van der Waals surface area contributed by atoms with Gasteiger partial charge in [-0.1, -0.05) is 55.3 Å². The molecular weight excluding hydrogens is 388 g/mol. The van der Waals surface area contributed by atoms with Gasteiger partial charge in [0.2, 0.25) is 5.91 Å². The minimum absolute atomic E-state index is 0.0239. The van der Waals surface area contributed by atoms with E-state index in [0.29, 0.717) is 25.7 Å². The van der Waals surface area contributed by atoms with E-state index in [0.717, 1.165) is 30.0 Å². The van der Waals surface area contributed by atoms with Crippen molar-refractivity contribution < 1.29 is 9.53 Å². The van der Waals surface area contributed by atoms with Crippen LogP contribution in [0.2, 0.25) is 0 Å². The highest BCUT2D eigenvalue weighted by molar-refractivity contribution is 5.91. The summed E-state index contributed by atoms with van der Waals surface area (Å²) in [5.41, 5.74) is 2.32. The van der Waals surface area contributed by atoms with Gasteiger partial charge in [0.05, 0.1) is 25.9 Å². The number of aromatic nitrogens is 2. The van der Waals surface area contributed by atoms with E-state index >= 15 is 0 Å². The first kappa shape index (κ1) is 21.1. The van der Waals surface area contributed by atoms with E-state index in [1.165, 1.54) is 18.4 Å². The zero-order valence-corrected chi connectivity index (χ0v) is 18.0. The lowest BCUT2D eigenvalue weighted by Gasteiger charge is -2.23. The van der Waals surface area contributed by atoms with E-state index < -0.39 is 0 Å². The van der Waals surface area contributed by atoms with E-state index in [9.17, 15) is 4.79 Å². The summed E-state index contributed by atoms with van der Waals surface area (Å²) in [4.78, 5) is 15.1. The summed E-state index contributed by atoms with van der Waals surface area (Å²) < 4.78 is 7.24. The number of rotatable bonds is 9. The van der Waals surface area contributed by atoms with Crippen LogP contribution in [0, 0.1) is 0 Å². The van der Waals surface area contributed by atoms with Crippen LogP contribution in [0.25, 0.3) is 0 Å². The van der Waals surface area contributed by atoms with Gasteiger partial charge in [-0.05, 0) is 36.1 Å². The quantitative estimate of drug-likeness (QED) is 0.550. The molecule has 1 heterocycles. The Kier molecular flexibility index (Phi) is 6.99. The van der Waals surface area contributed by atoms with Crippen molar-refractivity contribution in [1.29, 1.82) is 0 Å². The average molecular weight is 419 g/mol. The molecule has 162 valence electrons. The Morgan fingerprint density at radius 1 is 1.03 bits per heavy atom. The summed E-state index contributed by atoms with van der Waals surface area (Å²) in [5, 5.41) is 7.55. The van der Waals surface area contributed by atoms with Gasteiger partial charge in [0, 0.05) is 19.2 Å². The van der Waals surface area contributed by atoms with Crippen LogP contribution in [0.5, 0.6) is 5.75 Å². The van der Waals surface area contributed by atoms with E-state index in [1.807, 2.05) is 53.2 Å². The smallest absolute Gasteiger partial charge is 0.239 e. The van der Waals surface area contributed by atoms with Gasteiger partial charge in [0.25, 0.3) is 0 Å². The third kappa shape index (κ3) is 5.73. The maximum atomic E-state index is 13.0. The summed E-state index contributed by atoms with van der Waals surface area (Å²) in [6.45, 7) is 1.67. The lowest BCUT2D eigenvalue weighted by atomic mass is 10.1. The second-order valence-electron chi connectivity index (χ2n) is 8.13. The largest absolute Gasteiger partial charge is 0.497 e. The Morgan fingerprint density at radius 2 is 1.71 bits per heavy atom. The fraction of sp³-hybridized carbons (Fsp3) is 0.360. The Balaban J connectivity index is 1.44. The van der Waals surface area contributed by atoms with Crippen molar-refractivity contribution in [3.8, 4) is 5.75 Å². The molecule has 2 aromatic carbocycles. The average Bonchev–Trinajstić information content (AvgIpc) is 3.47. The number of benzene rings is 2. The molecule has 1 aliphatic rings. The second-order valence-corrected chi connectivity index (χ2v) is 8.13. The molecule has 1 saturated carbocycles. The predicted molar refractivity (Wildman–Crippen MR) is 122 cm³/mol. The molecular formula is C25H30N4O2. The maximum absolute atomic E-state index is 13.0.